The molecule has 96 valence electrons. The van der Waals surface area contributed by atoms with E-state index in [1.807, 2.05) is 12.1 Å². The lowest BCUT2D eigenvalue weighted by Crippen LogP contribution is -1.92. The van der Waals surface area contributed by atoms with E-state index in [1.54, 1.807) is 11.8 Å². The molecule has 0 radical (unpaired) electrons. The van der Waals surface area contributed by atoms with Crippen LogP contribution in [0.4, 0.5) is 0 Å². The van der Waals surface area contributed by atoms with Gasteiger partial charge in [0.1, 0.15) is 11.5 Å². The van der Waals surface area contributed by atoms with Crippen molar-refractivity contribution < 1.29 is 4.42 Å². The van der Waals surface area contributed by atoms with Gasteiger partial charge in [0.15, 0.2) is 0 Å². The fraction of sp³-hybridized carbons (Fsp3) is 0.125. The number of benzene rings is 2. The van der Waals surface area contributed by atoms with Gasteiger partial charge in [0, 0.05) is 4.90 Å². The Labute approximate surface area is 116 Å². The zero-order valence-electron chi connectivity index (χ0n) is 10.5. The van der Waals surface area contributed by atoms with E-state index in [-0.39, 0.29) is 0 Å². The summed E-state index contributed by atoms with van der Waals surface area (Å²) < 4.78 is 5.60. The molecular weight excluding hydrogens is 254 g/mol. The van der Waals surface area contributed by atoms with Crippen LogP contribution in [0.3, 0.4) is 0 Å². The van der Waals surface area contributed by atoms with Gasteiger partial charge in [-0.15, -0.1) is 11.8 Å². The van der Waals surface area contributed by atoms with Gasteiger partial charge >= 0.3 is 0 Å². The summed E-state index contributed by atoms with van der Waals surface area (Å²) in [6.45, 7) is 0.459. The Morgan fingerprint density at radius 1 is 0.895 bits per heavy atom. The lowest BCUT2D eigenvalue weighted by Gasteiger charge is -2.02. The van der Waals surface area contributed by atoms with Crippen LogP contribution in [0.25, 0.3) is 10.8 Å². The molecule has 2 nitrogen and oxygen atoms in total. The summed E-state index contributed by atoms with van der Waals surface area (Å²) in [5.41, 5.74) is 5.53. The molecular formula is C16H15NOS. The first-order chi connectivity index (χ1) is 9.35. The molecule has 0 unspecified atom stereocenters. The molecule has 0 amide bonds. The predicted octanol–water partition coefficient (Wildman–Crippen LogP) is 4.18. The van der Waals surface area contributed by atoms with Crippen molar-refractivity contribution in [2.45, 2.75) is 17.2 Å². The van der Waals surface area contributed by atoms with Gasteiger partial charge in [-0.2, -0.15) is 0 Å². The van der Waals surface area contributed by atoms with Crippen LogP contribution in [0, 0.1) is 0 Å². The van der Waals surface area contributed by atoms with Crippen LogP contribution < -0.4 is 5.73 Å². The fourth-order valence-electron chi connectivity index (χ4n) is 2.02. The minimum Gasteiger partial charge on any atom is -0.464 e. The van der Waals surface area contributed by atoms with Crippen LogP contribution in [0.1, 0.15) is 11.5 Å². The van der Waals surface area contributed by atoms with Crippen molar-refractivity contribution in [1.29, 1.82) is 0 Å². The Morgan fingerprint density at radius 3 is 2.47 bits per heavy atom. The number of fused-ring (bicyclic) bond motifs is 1. The minimum absolute atomic E-state index is 0.459. The Balaban J connectivity index is 1.74. The largest absolute Gasteiger partial charge is 0.464 e. The molecule has 3 aromatic rings. The molecule has 0 fully saturated rings. The summed E-state index contributed by atoms with van der Waals surface area (Å²) in [7, 11) is 0. The molecule has 0 aliphatic carbocycles. The summed E-state index contributed by atoms with van der Waals surface area (Å²) in [5.74, 6) is 2.64. The molecule has 3 rings (SSSR count). The zero-order chi connectivity index (χ0) is 13.1. The highest BCUT2D eigenvalue weighted by Gasteiger charge is 2.02. The number of hydrogen-bond acceptors (Lipinski definition) is 3. The van der Waals surface area contributed by atoms with Crippen molar-refractivity contribution in [2.24, 2.45) is 5.73 Å². The molecule has 0 saturated carbocycles. The molecule has 0 bridgehead atoms. The van der Waals surface area contributed by atoms with Gasteiger partial charge < -0.3 is 10.2 Å². The van der Waals surface area contributed by atoms with E-state index in [4.69, 9.17) is 10.2 Å². The monoisotopic (exact) mass is 269 g/mol. The zero-order valence-corrected chi connectivity index (χ0v) is 11.3. The summed E-state index contributed by atoms with van der Waals surface area (Å²) in [4.78, 5) is 1.25. The number of nitrogens with two attached hydrogens (primary N) is 1. The third kappa shape index (κ3) is 2.83. The molecule has 3 heteroatoms. The Morgan fingerprint density at radius 2 is 1.68 bits per heavy atom. The SMILES string of the molecule is NCc1ccc(CSc2ccc3ccccc3c2)o1. The molecule has 2 N–H and O–H groups in total. The van der Waals surface area contributed by atoms with E-state index in [2.05, 4.69) is 42.5 Å². The molecule has 0 aliphatic rings. The molecule has 0 atom stereocenters. The topological polar surface area (TPSA) is 39.2 Å². The van der Waals surface area contributed by atoms with E-state index in [9.17, 15) is 0 Å². The lowest BCUT2D eigenvalue weighted by atomic mass is 10.1. The summed E-state index contributed by atoms with van der Waals surface area (Å²) in [6.07, 6.45) is 0. The Bertz CT molecular complexity index is 690. The van der Waals surface area contributed by atoms with Crippen molar-refractivity contribution in [3.8, 4) is 0 Å². The van der Waals surface area contributed by atoms with E-state index < -0.39 is 0 Å². The van der Waals surface area contributed by atoms with Gasteiger partial charge in [0.2, 0.25) is 0 Å². The summed E-state index contributed by atoms with van der Waals surface area (Å²) in [6, 6.07) is 18.9. The molecule has 1 aromatic heterocycles. The standard InChI is InChI=1S/C16H15NOS/c17-10-14-6-7-15(18-14)11-19-16-8-5-12-3-1-2-4-13(12)9-16/h1-9H,10-11,17H2. The number of thioether (sulfide) groups is 1. The highest BCUT2D eigenvalue weighted by atomic mass is 32.2. The fourth-order valence-corrected chi connectivity index (χ4v) is 2.86. The Kier molecular flexibility index (Phi) is 3.58. The van der Waals surface area contributed by atoms with Crippen LogP contribution in [-0.2, 0) is 12.3 Å². The quantitative estimate of drug-likeness (QED) is 0.722. The number of rotatable bonds is 4. The smallest absolute Gasteiger partial charge is 0.117 e. The van der Waals surface area contributed by atoms with Gasteiger partial charge in [-0.3, -0.25) is 0 Å². The second kappa shape index (κ2) is 5.51. The molecule has 2 aromatic carbocycles. The van der Waals surface area contributed by atoms with Crippen molar-refractivity contribution in [2.75, 3.05) is 0 Å². The average molecular weight is 269 g/mol. The third-order valence-corrected chi connectivity index (χ3v) is 4.04. The van der Waals surface area contributed by atoms with Gasteiger partial charge in [-0.1, -0.05) is 30.3 Å². The van der Waals surface area contributed by atoms with Gasteiger partial charge in [-0.25, -0.2) is 0 Å². The number of hydrogen-bond donors (Lipinski definition) is 1. The first-order valence-electron chi connectivity index (χ1n) is 6.24. The van der Waals surface area contributed by atoms with E-state index in [1.165, 1.54) is 15.7 Å². The van der Waals surface area contributed by atoms with Crippen LogP contribution in [0.15, 0.2) is 63.9 Å². The summed E-state index contributed by atoms with van der Waals surface area (Å²) in [5, 5.41) is 2.55. The first kappa shape index (κ1) is 12.3. The van der Waals surface area contributed by atoms with Crippen LogP contribution >= 0.6 is 11.8 Å². The van der Waals surface area contributed by atoms with E-state index in [0.717, 1.165) is 17.3 Å². The van der Waals surface area contributed by atoms with Gasteiger partial charge in [0.25, 0.3) is 0 Å². The van der Waals surface area contributed by atoms with Crippen molar-refractivity contribution in [3.63, 3.8) is 0 Å². The normalized spacial score (nSPS) is 11.0. The maximum atomic E-state index is 5.60. The molecule has 1 heterocycles. The highest BCUT2D eigenvalue weighted by Crippen LogP contribution is 2.27. The highest BCUT2D eigenvalue weighted by molar-refractivity contribution is 7.98. The van der Waals surface area contributed by atoms with Crippen molar-refractivity contribution in [3.05, 3.63) is 66.1 Å². The lowest BCUT2D eigenvalue weighted by molar-refractivity contribution is 0.482. The van der Waals surface area contributed by atoms with Gasteiger partial charge in [0.05, 0.1) is 12.3 Å². The van der Waals surface area contributed by atoms with Gasteiger partial charge in [-0.05, 0) is 35.0 Å². The average Bonchev–Trinajstić information content (AvgIpc) is 2.93. The second-order valence-electron chi connectivity index (χ2n) is 4.37. The molecule has 0 saturated heterocycles. The predicted molar refractivity (Wildman–Crippen MR) is 80.1 cm³/mol. The maximum Gasteiger partial charge on any atom is 0.117 e. The minimum atomic E-state index is 0.459. The molecule has 19 heavy (non-hydrogen) atoms. The van der Waals surface area contributed by atoms with Crippen molar-refractivity contribution in [1.82, 2.24) is 0 Å². The van der Waals surface area contributed by atoms with Crippen molar-refractivity contribution >= 4 is 22.5 Å². The third-order valence-electron chi connectivity index (χ3n) is 3.02. The van der Waals surface area contributed by atoms with Crippen LogP contribution in [-0.4, -0.2) is 0 Å². The first-order valence-corrected chi connectivity index (χ1v) is 7.23. The second-order valence-corrected chi connectivity index (χ2v) is 5.42. The van der Waals surface area contributed by atoms with Crippen LogP contribution in [0.2, 0.25) is 0 Å². The Hall–Kier alpha value is -1.71. The summed E-state index contributed by atoms with van der Waals surface area (Å²) >= 11 is 1.78. The number of furan rings is 1. The molecule has 0 spiro atoms. The maximum absolute atomic E-state index is 5.60. The van der Waals surface area contributed by atoms with E-state index in [0.29, 0.717) is 6.54 Å². The van der Waals surface area contributed by atoms with Crippen LogP contribution in [0.5, 0.6) is 0 Å². The van der Waals surface area contributed by atoms with E-state index >= 15 is 0 Å². The molecule has 0 aliphatic heterocycles.